The Labute approximate surface area is 122 Å². The average Bonchev–Trinajstić information content (AvgIpc) is 2.52. The van der Waals surface area contributed by atoms with E-state index in [1.165, 1.54) is 6.20 Å². The summed E-state index contributed by atoms with van der Waals surface area (Å²) >= 11 is 0. The van der Waals surface area contributed by atoms with Crippen molar-refractivity contribution in [2.45, 2.75) is 13.5 Å². The van der Waals surface area contributed by atoms with Crippen LogP contribution in [0.15, 0.2) is 36.5 Å². The van der Waals surface area contributed by atoms with Gasteiger partial charge < -0.3 is 10.7 Å². The maximum absolute atomic E-state index is 12.2. The zero-order valence-electron chi connectivity index (χ0n) is 11.6. The molecule has 1 aromatic carbocycles. The first-order valence-electron chi connectivity index (χ1n) is 6.34. The normalized spacial score (nSPS) is 9.76. The second kappa shape index (κ2) is 6.50. The van der Waals surface area contributed by atoms with Gasteiger partial charge in [-0.1, -0.05) is 12.1 Å². The Morgan fingerprint density at radius 3 is 2.95 bits per heavy atom. The lowest BCUT2D eigenvalue weighted by Gasteiger charge is -2.10. The van der Waals surface area contributed by atoms with E-state index in [1.807, 2.05) is 13.0 Å². The minimum absolute atomic E-state index is 0.280. The Balaban J connectivity index is 2.10. The fourth-order valence-corrected chi connectivity index (χ4v) is 1.89. The molecule has 0 saturated carbocycles. The second-order valence-electron chi connectivity index (χ2n) is 4.51. The Morgan fingerprint density at radius 2 is 2.24 bits per heavy atom. The molecule has 1 heterocycles. The van der Waals surface area contributed by atoms with Gasteiger partial charge in [0.25, 0.3) is 5.91 Å². The number of pyridine rings is 1. The van der Waals surface area contributed by atoms with E-state index < -0.39 is 0 Å². The van der Waals surface area contributed by atoms with Crippen LogP contribution < -0.4 is 16.6 Å². The predicted octanol–water partition coefficient (Wildman–Crippen LogP) is 1.48. The van der Waals surface area contributed by atoms with Crippen molar-refractivity contribution in [1.29, 1.82) is 5.26 Å². The summed E-state index contributed by atoms with van der Waals surface area (Å²) in [6.45, 7) is 2.14. The SMILES string of the molecule is Cc1cc(NN)c(C(=O)NCc2cccc(C#N)c2)cn1. The molecule has 0 aliphatic rings. The van der Waals surface area contributed by atoms with Gasteiger partial charge in [-0.3, -0.25) is 15.6 Å². The highest BCUT2D eigenvalue weighted by Crippen LogP contribution is 2.14. The van der Waals surface area contributed by atoms with Crippen LogP contribution in [-0.2, 0) is 6.54 Å². The van der Waals surface area contributed by atoms with Crippen LogP contribution in [0.25, 0.3) is 0 Å². The molecule has 0 radical (unpaired) electrons. The highest BCUT2D eigenvalue weighted by molar-refractivity contribution is 5.99. The summed E-state index contributed by atoms with van der Waals surface area (Å²) in [5.41, 5.74) is 5.56. The van der Waals surface area contributed by atoms with Crippen LogP contribution in [0.2, 0.25) is 0 Å². The summed E-state index contributed by atoms with van der Waals surface area (Å²) in [4.78, 5) is 16.2. The molecule has 106 valence electrons. The molecular weight excluding hydrogens is 266 g/mol. The smallest absolute Gasteiger partial charge is 0.255 e. The number of nitrogens with one attached hydrogen (secondary N) is 2. The first kappa shape index (κ1) is 14.5. The van der Waals surface area contributed by atoms with Gasteiger partial charge in [0.15, 0.2) is 0 Å². The molecule has 0 aliphatic carbocycles. The number of rotatable bonds is 4. The number of hydrogen-bond donors (Lipinski definition) is 3. The third-order valence-electron chi connectivity index (χ3n) is 2.95. The Kier molecular flexibility index (Phi) is 4.49. The number of nitrogens with zero attached hydrogens (tertiary/aromatic N) is 2. The van der Waals surface area contributed by atoms with Crippen LogP contribution in [0.4, 0.5) is 5.69 Å². The lowest BCUT2D eigenvalue weighted by Crippen LogP contribution is -2.25. The summed E-state index contributed by atoms with van der Waals surface area (Å²) in [5, 5.41) is 11.6. The molecule has 6 heteroatoms. The molecule has 2 aromatic rings. The zero-order chi connectivity index (χ0) is 15.2. The predicted molar refractivity (Wildman–Crippen MR) is 79.1 cm³/mol. The van der Waals surface area contributed by atoms with Crippen LogP contribution in [-0.4, -0.2) is 10.9 Å². The summed E-state index contributed by atoms with van der Waals surface area (Å²) in [6, 6.07) is 10.8. The van der Waals surface area contributed by atoms with E-state index in [0.29, 0.717) is 23.4 Å². The van der Waals surface area contributed by atoms with E-state index in [1.54, 1.807) is 24.3 Å². The number of aromatic nitrogens is 1. The van der Waals surface area contributed by atoms with Crippen molar-refractivity contribution in [2.24, 2.45) is 5.84 Å². The van der Waals surface area contributed by atoms with E-state index in [-0.39, 0.29) is 5.91 Å². The molecule has 6 nitrogen and oxygen atoms in total. The summed E-state index contributed by atoms with van der Waals surface area (Å²) in [5.74, 6) is 5.13. The number of amides is 1. The maximum Gasteiger partial charge on any atom is 0.255 e. The van der Waals surface area contributed by atoms with Gasteiger partial charge in [0.1, 0.15) is 0 Å². The molecule has 0 fully saturated rings. The van der Waals surface area contributed by atoms with Gasteiger partial charge in [-0.05, 0) is 30.7 Å². The van der Waals surface area contributed by atoms with E-state index in [2.05, 4.69) is 21.8 Å². The number of anilines is 1. The van der Waals surface area contributed by atoms with Gasteiger partial charge in [0.05, 0.1) is 22.9 Å². The van der Waals surface area contributed by atoms with Gasteiger partial charge in [0.2, 0.25) is 0 Å². The maximum atomic E-state index is 12.2. The molecule has 1 amide bonds. The van der Waals surface area contributed by atoms with Crippen molar-refractivity contribution >= 4 is 11.6 Å². The summed E-state index contributed by atoms with van der Waals surface area (Å²) < 4.78 is 0. The number of nitrogens with two attached hydrogens (primary N) is 1. The number of carbonyl (C=O) groups is 1. The number of carbonyl (C=O) groups excluding carboxylic acids is 1. The molecule has 0 bridgehead atoms. The summed E-state index contributed by atoms with van der Waals surface area (Å²) in [6.07, 6.45) is 1.48. The van der Waals surface area contributed by atoms with Crippen LogP contribution in [0, 0.1) is 18.3 Å². The molecule has 2 rings (SSSR count). The van der Waals surface area contributed by atoms with E-state index in [0.717, 1.165) is 11.3 Å². The summed E-state index contributed by atoms with van der Waals surface area (Å²) in [7, 11) is 0. The lowest BCUT2D eigenvalue weighted by molar-refractivity contribution is 0.0951. The molecule has 0 saturated heterocycles. The van der Waals surface area contributed by atoms with Gasteiger partial charge >= 0.3 is 0 Å². The van der Waals surface area contributed by atoms with Crippen LogP contribution in [0.1, 0.15) is 27.2 Å². The first-order chi connectivity index (χ1) is 10.1. The van der Waals surface area contributed by atoms with Gasteiger partial charge in [-0.25, -0.2) is 0 Å². The minimum Gasteiger partial charge on any atom is -0.348 e. The number of benzene rings is 1. The van der Waals surface area contributed by atoms with Crippen molar-refractivity contribution in [2.75, 3.05) is 5.43 Å². The average molecular weight is 281 g/mol. The number of nitriles is 1. The molecule has 0 unspecified atom stereocenters. The van der Waals surface area contributed by atoms with E-state index in [4.69, 9.17) is 11.1 Å². The largest absolute Gasteiger partial charge is 0.348 e. The topological polar surface area (TPSA) is 104 Å². The van der Waals surface area contributed by atoms with Crippen molar-refractivity contribution in [1.82, 2.24) is 10.3 Å². The second-order valence-corrected chi connectivity index (χ2v) is 4.51. The monoisotopic (exact) mass is 281 g/mol. The number of hydrogen-bond acceptors (Lipinski definition) is 5. The van der Waals surface area contributed by atoms with E-state index >= 15 is 0 Å². The number of nitrogen functional groups attached to an aromatic ring is 1. The fraction of sp³-hybridized carbons (Fsp3) is 0.133. The highest BCUT2D eigenvalue weighted by Gasteiger charge is 2.11. The fourth-order valence-electron chi connectivity index (χ4n) is 1.89. The zero-order valence-corrected chi connectivity index (χ0v) is 11.6. The molecule has 0 spiro atoms. The molecule has 0 aliphatic heterocycles. The molecule has 21 heavy (non-hydrogen) atoms. The third kappa shape index (κ3) is 3.55. The number of hydrazine groups is 1. The van der Waals surface area contributed by atoms with Crippen LogP contribution >= 0.6 is 0 Å². The molecular formula is C15H15N5O. The van der Waals surface area contributed by atoms with Crippen molar-refractivity contribution in [3.63, 3.8) is 0 Å². The van der Waals surface area contributed by atoms with Crippen LogP contribution in [0.5, 0.6) is 0 Å². The van der Waals surface area contributed by atoms with Gasteiger partial charge in [-0.2, -0.15) is 5.26 Å². The number of aryl methyl sites for hydroxylation is 1. The third-order valence-corrected chi connectivity index (χ3v) is 2.95. The Morgan fingerprint density at radius 1 is 1.43 bits per heavy atom. The molecule has 4 N–H and O–H groups in total. The highest BCUT2D eigenvalue weighted by atomic mass is 16.1. The molecule has 0 atom stereocenters. The quantitative estimate of drug-likeness (QED) is 0.581. The van der Waals surface area contributed by atoms with Crippen LogP contribution in [0.3, 0.4) is 0 Å². The van der Waals surface area contributed by atoms with Gasteiger partial charge in [0, 0.05) is 18.4 Å². The Hall–Kier alpha value is -2.91. The van der Waals surface area contributed by atoms with Crippen molar-refractivity contribution < 1.29 is 4.79 Å². The standard InChI is InChI=1S/C15H15N5O/c1-10-5-14(20-17)13(9-18-10)15(21)19-8-12-4-2-3-11(6-12)7-16/h2-6,9H,8,17H2,1H3,(H,18,20)(H,19,21). The minimum atomic E-state index is -0.280. The Bertz CT molecular complexity index is 705. The molecule has 1 aromatic heterocycles. The van der Waals surface area contributed by atoms with E-state index in [9.17, 15) is 4.79 Å². The lowest BCUT2D eigenvalue weighted by atomic mass is 10.1. The van der Waals surface area contributed by atoms with Crippen molar-refractivity contribution in [3.8, 4) is 6.07 Å². The first-order valence-corrected chi connectivity index (χ1v) is 6.34. The van der Waals surface area contributed by atoms with Gasteiger partial charge in [-0.15, -0.1) is 0 Å². The van der Waals surface area contributed by atoms with Crippen molar-refractivity contribution in [3.05, 3.63) is 58.9 Å².